The molecule has 2 saturated heterocycles. The Balaban J connectivity index is 1.46. The standard InChI is InChI=1S/C19H28N2O2S/c1-20(2)19(16-4-3-9-24-16)7-5-18(6-8-19)10-17(22)21(14-18)11-15-12-23-13-15/h3-4,9,15H,5-8,10-14H2,1-2H3. The van der Waals surface area contributed by atoms with Crippen molar-refractivity contribution in [1.82, 2.24) is 9.80 Å². The van der Waals surface area contributed by atoms with Crippen LogP contribution in [0.1, 0.15) is 37.0 Å². The molecule has 4 rings (SSSR count). The molecule has 0 aromatic carbocycles. The summed E-state index contributed by atoms with van der Waals surface area (Å²) >= 11 is 1.87. The van der Waals surface area contributed by atoms with Crippen LogP contribution in [0.25, 0.3) is 0 Å². The first kappa shape index (κ1) is 16.6. The van der Waals surface area contributed by atoms with Crippen LogP contribution in [-0.4, -0.2) is 56.1 Å². The molecule has 24 heavy (non-hydrogen) atoms. The third-order valence-electron chi connectivity index (χ3n) is 6.56. The highest BCUT2D eigenvalue weighted by Crippen LogP contribution is 2.52. The Morgan fingerprint density at radius 1 is 1.29 bits per heavy atom. The van der Waals surface area contributed by atoms with E-state index in [0.29, 0.717) is 11.8 Å². The van der Waals surface area contributed by atoms with Crippen LogP contribution in [0.4, 0.5) is 0 Å². The van der Waals surface area contributed by atoms with Crippen LogP contribution in [0, 0.1) is 11.3 Å². The van der Waals surface area contributed by atoms with Gasteiger partial charge in [0, 0.05) is 30.3 Å². The molecule has 0 bridgehead atoms. The number of likely N-dealkylation sites (tertiary alicyclic amines) is 1. The molecule has 0 unspecified atom stereocenters. The minimum absolute atomic E-state index is 0.164. The van der Waals surface area contributed by atoms with Crippen molar-refractivity contribution in [2.45, 2.75) is 37.6 Å². The average molecular weight is 349 g/mol. The van der Waals surface area contributed by atoms with Crippen molar-refractivity contribution in [3.63, 3.8) is 0 Å². The molecule has 1 saturated carbocycles. The van der Waals surface area contributed by atoms with Crippen LogP contribution in [0.15, 0.2) is 17.5 Å². The fourth-order valence-electron chi connectivity index (χ4n) is 4.84. The van der Waals surface area contributed by atoms with Gasteiger partial charge in [0.15, 0.2) is 0 Å². The number of rotatable bonds is 4. The summed E-state index contributed by atoms with van der Waals surface area (Å²) in [5.74, 6) is 0.940. The van der Waals surface area contributed by atoms with E-state index < -0.39 is 0 Å². The molecular formula is C19H28N2O2S. The minimum Gasteiger partial charge on any atom is -0.381 e. The van der Waals surface area contributed by atoms with Crippen LogP contribution in [0.3, 0.4) is 0 Å². The third kappa shape index (κ3) is 2.71. The van der Waals surface area contributed by atoms with Crippen LogP contribution in [0.2, 0.25) is 0 Å². The maximum atomic E-state index is 12.5. The zero-order chi connectivity index (χ0) is 16.8. The summed E-state index contributed by atoms with van der Waals surface area (Å²) in [6.07, 6.45) is 5.40. The van der Waals surface area contributed by atoms with E-state index in [2.05, 4.69) is 41.4 Å². The van der Waals surface area contributed by atoms with E-state index in [-0.39, 0.29) is 11.0 Å². The summed E-state index contributed by atoms with van der Waals surface area (Å²) < 4.78 is 5.27. The highest BCUT2D eigenvalue weighted by molar-refractivity contribution is 7.10. The Morgan fingerprint density at radius 3 is 2.58 bits per heavy atom. The number of carbonyl (C=O) groups excluding carboxylic acids is 1. The van der Waals surface area contributed by atoms with E-state index in [0.717, 1.165) is 58.4 Å². The highest BCUT2D eigenvalue weighted by Gasteiger charge is 2.50. The van der Waals surface area contributed by atoms with Gasteiger partial charge < -0.3 is 9.64 Å². The zero-order valence-electron chi connectivity index (χ0n) is 14.8. The summed E-state index contributed by atoms with van der Waals surface area (Å²) in [4.78, 5) is 18.5. The van der Waals surface area contributed by atoms with Crippen molar-refractivity contribution in [1.29, 1.82) is 0 Å². The summed E-state index contributed by atoms with van der Waals surface area (Å²) in [6.45, 7) is 3.54. The maximum absolute atomic E-state index is 12.5. The molecule has 0 radical (unpaired) electrons. The summed E-state index contributed by atoms with van der Waals surface area (Å²) in [6, 6.07) is 4.45. The first-order chi connectivity index (χ1) is 11.5. The number of nitrogens with zero attached hydrogens (tertiary/aromatic N) is 2. The van der Waals surface area contributed by atoms with Gasteiger partial charge in [0.25, 0.3) is 0 Å². The topological polar surface area (TPSA) is 32.8 Å². The fraction of sp³-hybridized carbons (Fsp3) is 0.737. The normalized spacial score (nSPS) is 34.3. The molecule has 1 aliphatic carbocycles. The molecule has 4 nitrogen and oxygen atoms in total. The Kier molecular flexibility index (Phi) is 4.22. The summed E-state index contributed by atoms with van der Waals surface area (Å²) in [5, 5.41) is 2.19. The van der Waals surface area contributed by atoms with Crippen LogP contribution >= 0.6 is 11.3 Å². The number of thiophene rings is 1. The Labute approximate surface area is 148 Å². The summed E-state index contributed by atoms with van der Waals surface area (Å²) in [7, 11) is 4.42. The van der Waals surface area contributed by atoms with Crippen molar-refractivity contribution >= 4 is 17.2 Å². The molecule has 1 aromatic heterocycles. The molecule has 1 aromatic rings. The predicted molar refractivity (Wildman–Crippen MR) is 96.1 cm³/mol. The number of hydrogen-bond acceptors (Lipinski definition) is 4. The van der Waals surface area contributed by atoms with Gasteiger partial charge in [0.2, 0.25) is 5.91 Å². The minimum atomic E-state index is 0.164. The third-order valence-corrected chi connectivity index (χ3v) is 7.63. The van der Waals surface area contributed by atoms with Crippen molar-refractivity contribution in [3.8, 4) is 0 Å². The Morgan fingerprint density at radius 2 is 2.04 bits per heavy atom. The van der Waals surface area contributed by atoms with E-state index in [1.54, 1.807) is 0 Å². The lowest BCUT2D eigenvalue weighted by Crippen LogP contribution is -2.47. The van der Waals surface area contributed by atoms with Crippen molar-refractivity contribution < 1.29 is 9.53 Å². The number of amides is 1. The molecule has 132 valence electrons. The molecule has 0 N–H and O–H groups in total. The monoisotopic (exact) mass is 348 g/mol. The molecular weight excluding hydrogens is 320 g/mol. The second-order valence-corrected chi connectivity index (χ2v) is 9.21. The molecule has 3 heterocycles. The maximum Gasteiger partial charge on any atom is 0.223 e. The van der Waals surface area contributed by atoms with Gasteiger partial charge in [-0.15, -0.1) is 11.3 Å². The second-order valence-electron chi connectivity index (χ2n) is 8.26. The smallest absolute Gasteiger partial charge is 0.223 e. The predicted octanol–water partition coefficient (Wildman–Crippen LogP) is 2.94. The Hall–Kier alpha value is -0.910. The van der Waals surface area contributed by atoms with Gasteiger partial charge in [-0.2, -0.15) is 0 Å². The van der Waals surface area contributed by atoms with Gasteiger partial charge in [-0.05, 0) is 56.6 Å². The fourth-order valence-corrected chi connectivity index (χ4v) is 5.90. The van der Waals surface area contributed by atoms with E-state index in [1.807, 2.05) is 11.3 Å². The number of ether oxygens (including phenoxy) is 1. The van der Waals surface area contributed by atoms with Crippen molar-refractivity contribution in [2.75, 3.05) is 40.4 Å². The lowest BCUT2D eigenvalue weighted by atomic mass is 9.66. The van der Waals surface area contributed by atoms with Gasteiger partial charge in [-0.1, -0.05) is 6.07 Å². The van der Waals surface area contributed by atoms with Crippen LogP contribution in [0.5, 0.6) is 0 Å². The molecule has 1 amide bonds. The average Bonchev–Trinajstić information content (AvgIpc) is 3.13. The first-order valence-corrected chi connectivity index (χ1v) is 9.98. The number of carbonyl (C=O) groups is 1. The van der Waals surface area contributed by atoms with Crippen LogP contribution < -0.4 is 0 Å². The molecule has 3 fully saturated rings. The Bertz CT molecular complexity index is 587. The quantitative estimate of drug-likeness (QED) is 0.839. The SMILES string of the molecule is CN(C)C1(c2cccs2)CCC2(CC1)CC(=O)N(CC1COC1)C2. The largest absolute Gasteiger partial charge is 0.381 e. The van der Waals surface area contributed by atoms with Gasteiger partial charge in [0.1, 0.15) is 0 Å². The molecule has 5 heteroatoms. The van der Waals surface area contributed by atoms with E-state index in [4.69, 9.17) is 4.74 Å². The highest BCUT2D eigenvalue weighted by atomic mass is 32.1. The zero-order valence-corrected chi connectivity index (χ0v) is 15.6. The van der Waals surface area contributed by atoms with Crippen molar-refractivity contribution in [2.24, 2.45) is 11.3 Å². The van der Waals surface area contributed by atoms with Gasteiger partial charge in [0.05, 0.1) is 18.8 Å². The van der Waals surface area contributed by atoms with E-state index >= 15 is 0 Å². The first-order valence-electron chi connectivity index (χ1n) is 9.10. The molecule has 3 aliphatic rings. The number of hydrogen-bond donors (Lipinski definition) is 0. The van der Waals surface area contributed by atoms with Gasteiger partial charge in [-0.25, -0.2) is 0 Å². The molecule has 1 spiro atoms. The van der Waals surface area contributed by atoms with E-state index in [1.165, 1.54) is 4.88 Å². The lowest BCUT2D eigenvalue weighted by molar-refractivity contribution is -0.130. The molecule has 0 atom stereocenters. The van der Waals surface area contributed by atoms with Crippen LogP contribution in [-0.2, 0) is 15.1 Å². The van der Waals surface area contributed by atoms with E-state index in [9.17, 15) is 4.79 Å². The van der Waals surface area contributed by atoms with Gasteiger partial charge in [-0.3, -0.25) is 9.69 Å². The van der Waals surface area contributed by atoms with Crippen molar-refractivity contribution in [3.05, 3.63) is 22.4 Å². The molecule has 2 aliphatic heterocycles. The second kappa shape index (κ2) is 6.11. The van der Waals surface area contributed by atoms with Gasteiger partial charge >= 0.3 is 0 Å². The lowest BCUT2D eigenvalue weighted by Gasteiger charge is -2.48. The summed E-state index contributed by atoms with van der Waals surface area (Å²) in [5.41, 5.74) is 0.385.